The van der Waals surface area contributed by atoms with E-state index in [-0.39, 0.29) is 5.41 Å². The zero-order valence-electron chi connectivity index (χ0n) is 33.2. The molecule has 1 aliphatic heterocycles. The van der Waals surface area contributed by atoms with Crippen molar-refractivity contribution in [3.05, 3.63) is 228 Å². The number of para-hydroxylation sites is 2. The number of fused-ring (bicyclic) bond motifs is 11. The van der Waals surface area contributed by atoms with Crippen LogP contribution in [0.25, 0.3) is 67.0 Å². The molecule has 0 radical (unpaired) electrons. The van der Waals surface area contributed by atoms with E-state index in [0.717, 1.165) is 83.8 Å². The second-order valence-electron chi connectivity index (χ2n) is 16.5. The Morgan fingerprint density at radius 1 is 0.367 bits per heavy atom. The van der Waals surface area contributed by atoms with Gasteiger partial charge in [-0.1, -0.05) is 166 Å². The first-order valence-corrected chi connectivity index (χ1v) is 20.6. The van der Waals surface area contributed by atoms with Crippen molar-refractivity contribution in [3.63, 3.8) is 0 Å². The van der Waals surface area contributed by atoms with E-state index >= 15 is 0 Å². The van der Waals surface area contributed by atoms with Crippen LogP contribution in [0.1, 0.15) is 47.2 Å². The lowest BCUT2D eigenvalue weighted by Crippen LogP contribution is -2.43. The van der Waals surface area contributed by atoms with E-state index in [2.05, 4.69) is 172 Å². The molecule has 1 aliphatic carbocycles. The van der Waals surface area contributed by atoms with Gasteiger partial charge in [0.15, 0.2) is 5.82 Å². The highest BCUT2D eigenvalue weighted by Crippen LogP contribution is 2.61. The Labute approximate surface area is 348 Å². The van der Waals surface area contributed by atoms with Gasteiger partial charge >= 0.3 is 0 Å². The van der Waals surface area contributed by atoms with Crippen LogP contribution in [0.3, 0.4) is 0 Å². The van der Waals surface area contributed by atoms with Crippen molar-refractivity contribution < 1.29 is 9.15 Å². The van der Waals surface area contributed by atoms with Gasteiger partial charge in [-0.25, -0.2) is 9.97 Å². The summed E-state index contributed by atoms with van der Waals surface area (Å²) < 4.78 is 13.2. The summed E-state index contributed by atoms with van der Waals surface area (Å²) in [6.07, 6.45) is 0. The molecule has 1 spiro atoms. The molecule has 2 aliphatic rings. The van der Waals surface area contributed by atoms with Gasteiger partial charge in [-0.05, 0) is 75.8 Å². The average Bonchev–Trinajstić information content (AvgIpc) is 3.68. The number of hydrogen-bond donors (Lipinski definition) is 0. The smallest absolute Gasteiger partial charge is 0.160 e. The minimum Gasteiger partial charge on any atom is -0.457 e. The maximum Gasteiger partial charge on any atom is 0.160 e. The van der Waals surface area contributed by atoms with Gasteiger partial charge in [0, 0.05) is 44.0 Å². The summed E-state index contributed by atoms with van der Waals surface area (Å²) in [7, 11) is 0. The highest BCUT2D eigenvalue weighted by Gasteiger charge is 2.52. The fourth-order valence-electron chi connectivity index (χ4n) is 10.0. The van der Waals surface area contributed by atoms with Crippen molar-refractivity contribution in [2.75, 3.05) is 0 Å². The van der Waals surface area contributed by atoms with Crippen molar-refractivity contribution >= 4 is 21.9 Å². The third kappa shape index (κ3) is 5.04. The predicted octanol–water partition coefficient (Wildman–Crippen LogP) is 14.2. The maximum atomic E-state index is 6.91. The van der Waals surface area contributed by atoms with Crippen molar-refractivity contribution in [3.8, 4) is 56.5 Å². The fourth-order valence-corrected chi connectivity index (χ4v) is 10.0. The normalized spacial score (nSPS) is 14.2. The van der Waals surface area contributed by atoms with Crippen LogP contribution in [0, 0.1) is 0 Å². The Kier molecular flexibility index (Phi) is 7.45. The Morgan fingerprint density at radius 3 is 1.72 bits per heavy atom. The molecule has 0 saturated heterocycles. The molecular formula is C56H38N2O2. The van der Waals surface area contributed by atoms with Crippen LogP contribution in [0.2, 0.25) is 0 Å². The number of furan rings is 1. The lowest BCUT2D eigenvalue weighted by molar-refractivity contribution is 0.425. The summed E-state index contributed by atoms with van der Waals surface area (Å²) in [5, 5.41) is 2.17. The summed E-state index contributed by atoms with van der Waals surface area (Å²) in [6, 6.07) is 68.8. The molecule has 0 atom stereocenters. The third-order valence-electron chi connectivity index (χ3n) is 12.8. The molecule has 4 heteroatoms. The largest absolute Gasteiger partial charge is 0.457 e. The second kappa shape index (κ2) is 13.0. The molecular weight excluding hydrogens is 733 g/mol. The Morgan fingerprint density at radius 2 is 0.933 bits per heavy atom. The molecule has 60 heavy (non-hydrogen) atoms. The van der Waals surface area contributed by atoms with Gasteiger partial charge in [-0.15, -0.1) is 0 Å². The van der Waals surface area contributed by atoms with E-state index in [9.17, 15) is 0 Å². The highest BCUT2D eigenvalue weighted by atomic mass is 16.5. The molecule has 284 valence electrons. The van der Waals surface area contributed by atoms with Gasteiger partial charge in [0.25, 0.3) is 0 Å². The quantitative estimate of drug-likeness (QED) is 0.179. The van der Waals surface area contributed by atoms with Crippen LogP contribution >= 0.6 is 0 Å². The van der Waals surface area contributed by atoms with E-state index in [1.807, 2.05) is 36.4 Å². The van der Waals surface area contributed by atoms with E-state index in [1.165, 1.54) is 22.3 Å². The number of benzene rings is 8. The molecule has 8 aromatic carbocycles. The lowest BCUT2D eigenvalue weighted by Gasteiger charge is -2.50. The first kappa shape index (κ1) is 34.5. The Bertz CT molecular complexity index is 3290. The Balaban J connectivity index is 1.00. The van der Waals surface area contributed by atoms with Crippen LogP contribution in [-0.4, -0.2) is 9.97 Å². The first-order chi connectivity index (χ1) is 29.5. The molecule has 0 saturated carbocycles. The molecule has 0 bridgehead atoms. The van der Waals surface area contributed by atoms with E-state index < -0.39 is 5.41 Å². The fraction of sp³-hybridized carbons (Fsp3) is 0.0714. The SMILES string of the molecule is CC1(C)c2ccccc2C2(c3ccccc3Oc3cc(-c4cccc(-c5cc(-c6ccccc6)nc(-c6ccc7c(c6)oc6ccccc67)n5)c4)ccc32)c2ccccc21. The summed E-state index contributed by atoms with van der Waals surface area (Å²) >= 11 is 0. The molecule has 2 aromatic heterocycles. The minimum absolute atomic E-state index is 0.173. The molecule has 0 amide bonds. The molecule has 0 unspecified atom stereocenters. The van der Waals surface area contributed by atoms with Gasteiger partial charge in [-0.2, -0.15) is 0 Å². The second-order valence-corrected chi connectivity index (χ2v) is 16.5. The van der Waals surface area contributed by atoms with Gasteiger partial charge in [0.05, 0.1) is 16.8 Å². The zero-order chi connectivity index (χ0) is 40.0. The topological polar surface area (TPSA) is 48.2 Å². The van der Waals surface area contributed by atoms with E-state index in [0.29, 0.717) is 5.82 Å². The van der Waals surface area contributed by atoms with E-state index in [1.54, 1.807) is 0 Å². The monoisotopic (exact) mass is 770 g/mol. The van der Waals surface area contributed by atoms with Crippen molar-refractivity contribution in [1.29, 1.82) is 0 Å². The minimum atomic E-state index is -0.552. The van der Waals surface area contributed by atoms with Crippen molar-refractivity contribution in [1.82, 2.24) is 9.97 Å². The molecule has 4 nitrogen and oxygen atoms in total. The van der Waals surface area contributed by atoms with Crippen LogP contribution in [0.5, 0.6) is 11.5 Å². The molecule has 10 aromatic rings. The van der Waals surface area contributed by atoms with Gasteiger partial charge < -0.3 is 9.15 Å². The number of aromatic nitrogens is 2. The molecule has 0 fully saturated rings. The molecule has 12 rings (SSSR count). The number of nitrogens with zero attached hydrogens (tertiary/aromatic N) is 2. The van der Waals surface area contributed by atoms with Crippen molar-refractivity contribution in [2.24, 2.45) is 0 Å². The van der Waals surface area contributed by atoms with Crippen LogP contribution in [0.15, 0.2) is 199 Å². The standard InChI is InChI=1S/C56H38N2O2/c1-55(2)42-20-7-9-22-44(42)56(45-23-10-8-21-43(45)55)46-24-11-13-26-51(46)60-53-32-37(28-30-47(53)56)36-17-14-18-38(31-36)49-34-48(35-15-4-3-5-16-35)57-54(58-49)39-27-29-41-40-19-6-12-25-50(40)59-52(41)33-39/h3-34H,1-2H3. The summed E-state index contributed by atoms with van der Waals surface area (Å²) in [5.74, 6) is 2.38. The van der Waals surface area contributed by atoms with Gasteiger partial charge in [0.2, 0.25) is 0 Å². The summed E-state index contributed by atoms with van der Waals surface area (Å²) in [4.78, 5) is 10.3. The number of hydrogen-bond acceptors (Lipinski definition) is 4. The number of rotatable bonds is 4. The zero-order valence-corrected chi connectivity index (χ0v) is 33.2. The Hall–Kier alpha value is -7.56. The lowest BCUT2D eigenvalue weighted by atomic mass is 9.53. The van der Waals surface area contributed by atoms with Crippen LogP contribution in [0.4, 0.5) is 0 Å². The molecule has 0 N–H and O–H groups in total. The van der Waals surface area contributed by atoms with Crippen molar-refractivity contribution in [2.45, 2.75) is 24.7 Å². The number of ether oxygens (including phenoxy) is 1. The molecule has 3 heterocycles. The maximum absolute atomic E-state index is 6.91. The predicted molar refractivity (Wildman–Crippen MR) is 242 cm³/mol. The summed E-state index contributed by atoms with van der Waals surface area (Å²) in [5.41, 5.74) is 15.3. The van der Waals surface area contributed by atoms with Gasteiger partial charge in [-0.3, -0.25) is 0 Å². The first-order valence-electron chi connectivity index (χ1n) is 20.6. The highest BCUT2D eigenvalue weighted by molar-refractivity contribution is 6.05. The summed E-state index contributed by atoms with van der Waals surface area (Å²) in [6.45, 7) is 4.70. The van der Waals surface area contributed by atoms with Crippen LogP contribution in [-0.2, 0) is 10.8 Å². The van der Waals surface area contributed by atoms with Gasteiger partial charge in [0.1, 0.15) is 22.7 Å². The van der Waals surface area contributed by atoms with E-state index in [4.69, 9.17) is 19.1 Å². The average molecular weight is 771 g/mol. The van der Waals surface area contributed by atoms with Crippen LogP contribution < -0.4 is 4.74 Å². The third-order valence-corrected chi connectivity index (χ3v) is 12.8.